The van der Waals surface area contributed by atoms with Crippen molar-refractivity contribution in [1.29, 1.82) is 0 Å². The van der Waals surface area contributed by atoms with Gasteiger partial charge in [0, 0.05) is 38.3 Å². The van der Waals surface area contributed by atoms with E-state index in [9.17, 15) is 5.11 Å². The SMILES string of the molecule is CC(C)(C)c1cc2ccc3ccc(C4(O)CCCCC4)c4ccc(c1)c2c34.COc1ccc2c(c1)c1cc(OC)ccc1n2-c1ccc(C2(c3ccc4ccc5cc(C(C)(C)C)cc6ccc3c4c56)CCCCC2)cc1.COc1ccc2c(c1)c1cc(OC)ccc1n2-c1ccccc1. The highest BCUT2D eigenvalue weighted by Gasteiger charge is 2.38. The molecule has 2 fully saturated rings. The molecule has 18 rings (SSSR count). The predicted molar refractivity (Wildman–Crippen MR) is 416 cm³/mol. The molecule has 0 saturated heterocycles. The van der Waals surface area contributed by atoms with E-state index < -0.39 is 5.60 Å². The van der Waals surface area contributed by atoms with Gasteiger partial charge in [0.15, 0.2) is 0 Å². The molecule has 0 radical (unpaired) electrons. The van der Waals surface area contributed by atoms with Crippen LogP contribution in [0.2, 0.25) is 0 Å². The molecular formula is C92H88N2O5. The summed E-state index contributed by atoms with van der Waals surface area (Å²) in [5.74, 6) is 3.42. The molecule has 1 N–H and O–H groups in total. The van der Waals surface area contributed by atoms with Crippen molar-refractivity contribution in [3.05, 3.63) is 252 Å². The summed E-state index contributed by atoms with van der Waals surface area (Å²) in [6.45, 7) is 13.8. The third-order valence-corrected chi connectivity index (χ3v) is 22.4. The van der Waals surface area contributed by atoms with Gasteiger partial charge in [0.1, 0.15) is 23.0 Å². The largest absolute Gasteiger partial charge is 0.497 e. The van der Waals surface area contributed by atoms with Crippen LogP contribution in [0, 0.1) is 0 Å². The second kappa shape index (κ2) is 24.7. The lowest BCUT2D eigenvalue weighted by Crippen LogP contribution is -2.30. The molecule has 0 unspecified atom stereocenters. The van der Waals surface area contributed by atoms with E-state index >= 15 is 0 Å². The summed E-state index contributed by atoms with van der Waals surface area (Å²) < 4.78 is 26.7. The minimum atomic E-state index is -0.670. The summed E-state index contributed by atoms with van der Waals surface area (Å²) >= 11 is 0. The Bertz CT molecular complexity index is 5550. The first kappa shape index (κ1) is 63.6. The monoisotopic (exact) mass is 1300 g/mol. The molecule has 2 saturated carbocycles. The van der Waals surface area contributed by atoms with Crippen LogP contribution in [0.4, 0.5) is 0 Å². The predicted octanol–water partition coefficient (Wildman–Crippen LogP) is 24.1. The molecule has 496 valence electrons. The summed E-state index contributed by atoms with van der Waals surface area (Å²) in [5, 5.41) is 32.1. The zero-order valence-corrected chi connectivity index (χ0v) is 58.9. The van der Waals surface area contributed by atoms with Gasteiger partial charge in [-0.1, -0.05) is 207 Å². The first-order chi connectivity index (χ1) is 48.0. The van der Waals surface area contributed by atoms with Gasteiger partial charge in [-0.05, 0) is 226 Å². The Balaban J connectivity index is 0.000000128. The van der Waals surface area contributed by atoms with E-state index in [1.165, 1.54) is 125 Å². The van der Waals surface area contributed by atoms with E-state index in [1.54, 1.807) is 28.4 Å². The highest BCUT2D eigenvalue weighted by Crippen LogP contribution is 2.51. The topological polar surface area (TPSA) is 67.0 Å². The molecule has 7 heteroatoms. The van der Waals surface area contributed by atoms with Crippen molar-refractivity contribution < 1.29 is 24.1 Å². The maximum atomic E-state index is 11.4. The summed E-state index contributed by atoms with van der Waals surface area (Å²) in [6.07, 6.45) is 11.4. The van der Waals surface area contributed by atoms with Gasteiger partial charge in [0.2, 0.25) is 0 Å². The van der Waals surface area contributed by atoms with Crippen LogP contribution in [-0.2, 0) is 21.8 Å². The molecule has 2 aliphatic rings. The molecule has 7 nitrogen and oxygen atoms in total. The molecule has 16 aromatic rings. The van der Waals surface area contributed by atoms with Crippen molar-refractivity contribution in [2.75, 3.05) is 28.4 Å². The van der Waals surface area contributed by atoms with Crippen LogP contribution in [0.15, 0.2) is 224 Å². The average Bonchev–Trinajstić information content (AvgIpc) is 1.66. The number of rotatable bonds is 9. The molecule has 0 amide bonds. The van der Waals surface area contributed by atoms with Gasteiger partial charge in [-0.2, -0.15) is 0 Å². The van der Waals surface area contributed by atoms with Gasteiger partial charge in [-0.3, -0.25) is 0 Å². The van der Waals surface area contributed by atoms with Crippen LogP contribution in [-0.4, -0.2) is 42.7 Å². The Morgan fingerprint density at radius 3 is 1.05 bits per heavy atom. The first-order valence-electron chi connectivity index (χ1n) is 35.6. The Kier molecular flexibility index (Phi) is 15.9. The zero-order valence-electron chi connectivity index (χ0n) is 58.9. The summed E-state index contributed by atoms with van der Waals surface area (Å²) in [6, 6.07) is 82.2. The van der Waals surface area contributed by atoms with Gasteiger partial charge < -0.3 is 33.2 Å². The van der Waals surface area contributed by atoms with Gasteiger partial charge in [-0.15, -0.1) is 0 Å². The Labute approximate surface area is 580 Å². The third kappa shape index (κ3) is 10.9. The lowest BCUT2D eigenvalue weighted by molar-refractivity contribution is 0.000778. The molecule has 0 bridgehead atoms. The quantitative estimate of drug-likeness (QED) is 0.146. The third-order valence-electron chi connectivity index (χ3n) is 22.4. The fourth-order valence-corrected chi connectivity index (χ4v) is 17.1. The number of aliphatic hydroxyl groups is 1. The Hall–Kier alpha value is -10.1. The van der Waals surface area contributed by atoms with Gasteiger partial charge >= 0.3 is 0 Å². The molecule has 0 spiro atoms. The van der Waals surface area contributed by atoms with Crippen molar-refractivity contribution in [3.63, 3.8) is 0 Å². The number of para-hydroxylation sites is 1. The van der Waals surface area contributed by atoms with Gasteiger partial charge in [-0.25, -0.2) is 0 Å². The van der Waals surface area contributed by atoms with E-state index in [0.29, 0.717) is 0 Å². The van der Waals surface area contributed by atoms with E-state index in [-0.39, 0.29) is 16.2 Å². The molecule has 2 aliphatic carbocycles. The Morgan fingerprint density at radius 2 is 0.657 bits per heavy atom. The average molecular weight is 1300 g/mol. The normalized spacial score (nSPS) is 15.0. The molecule has 99 heavy (non-hydrogen) atoms. The minimum Gasteiger partial charge on any atom is -0.497 e. The van der Waals surface area contributed by atoms with E-state index in [0.717, 1.165) is 109 Å². The molecule has 14 aromatic carbocycles. The van der Waals surface area contributed by atoms with E-state index in [2.05, 4.69) is 257 Å². The number of fused-ring (bicyclic) bond motifs is 6. The number of nitrogens with zero attached hydrogens (tertiary/aromatic N) is 2. The van der Waals surface area contributed by atoms with Crippen molar-refractivity contribution in [1.82, 2.24) is 9.13 Å². The van der Waals surface area contributed by atoms with Crippen LogP contribution < -0.4 is 18.9 Å². The molecule has 2 aromatic heterocycles. The lowest BCUT2D eigenvalue weighted by atomic mass is 9.64. The maximum Gasteiger partial charge on any atom is 0.119 e. The van der Waals surface area contributed by atoms with Crippen LogP contribution in [0.3, 0.4) is 0 Å². The zero-order chi connectivity index (χ0) is 68.1. The highest BCUT2D eigenvalue weighted by atomic mass is 16.5. The van der Waals surface area contributed by atoms with Gasteiger partial charge in [0.25, 0.3) is 0 Å². The summed E-state index contributed by atoms with van der Waals surface area (Å²) in [7, 11) is 6.84. The van der Waals surface area contributed by atoms with Crippen LogP contribution in [0.25, 0.3) is 120 Å². The number of hydrogen-bond donors (Lipinski definition) is 1. The maximum absolute atomic E-state index is 11.4. The molecule has 0 aliphatic heterocycles. The minimum absolute atomic E-state index is 0.0305. The Morgan fingerprint density at radius 1 is 0.313 bits per heavy atom. The first-order valence-corrected chi connectivity index (χ1v) is 35.6. The fourth-order valence-electron chi connectivity index (χ4n) is 17.1. The fraction of sp³-hybridized carbons (Fsp3) is 0.261. The lowest BCUT2D eigenvalue weighted by Gasteiger charge is -2.40. The van der Waals surface area contributed by atoms with Crippen LogP contribution >= 0.6 is 0 Å². The van der Waals surface area contributed by atoms with Crippen molar-refractivity contribution >= 4 is 108 Å². The highest BCUT2D eigenvalue weighted by molar-refractivity contribution is 6.25. The van der Waals surface area contributed by atoms with Crippen molar-refractivity contribution in [2.24, 2.45) is 0 Å². The molecule has 0 atom stereocenters. The number of hydrogen-bond acceptors (Lipinski definition) is 5. The summed E-state index contributed by atoms with van der Waals surface area (Å²) in [4.78, 5) is 0. The number of methoxy groups -OCH3 is 4. The number of benzene rings is 14. The van der Waals surface area contributed by atoms with Crippen LogP contribution in [0.1, 0.15) is 134 Å². The smallest absolute Gasteiger partial charge is 0.119 e. The second-order valence-corrected chi connectivity index (χ2v) is 30.2. The van der Waals surface area contributed by atoms with Crippen LogP contribution in [0.5, 0.6) is 23.0 Å². The number of ether oxygens (including phenoxy) is 4. The second-order valence-electron chi connectivity index (χ2n) is 30.2. The summed E-state index contributed by atoms with van der Waals surface area (Å²) in [5.41, 5.74) is 13.3. The molecular weight excluding hydrogens is 1210 g/mol. The van der Waals surface area contributed by atoms with E-state index in [4.69, 9.17) is 18.9 Å². The van der Waals surface area contributed by atoms with E-state index in [1.807, 2.05) is 18.2 Å². The van der Waals surface area contributed by atoms with Gasteiger partial charge in [0.05, 0.1) is 56.1 Å². The van der Waals surface area contributed by atoms with Crippen molar-refractivity contribution in [3.8, 4) is 34.4 Å². The molecule has 2 heterocycles. The number of aromatic nitrogens is 2. The standard InChI is InChI=1S/C46H43NO2.C26H28O.C20H17NO2/c1-45(2,3)33-25-30-10-9-29-12-20-40(37-19-11-31(26-33)43(30)44(29)37)46(23-7-6-8-24-46)32-13-15-34(16-14-32)47-41-21-17-35(48-4)27-38(41)39-28-36(49-5)18-22-42(39)47;1-25(2,3)20-15-18-8-7-17-10-12-22(26(27)13-5-4-6-14-26)21-11-9-19(16-20)23(18)24(17)21;1-22-15-8-10-19-17(12-15)18-13-16(23-2)9-11-20(18)21(19)14-6-4-3-5-7-14/h9-22,25-28H,6-8,23-24H2,1-5H3;7-12,15-16,27H,4-6,13-14H2,1-3H3;3-13H,1-2H3. The van der Waals surface area contributed by atoms with Crippen molar-refractivity contribution in [2.45, 2.75) is 128 Å².